The molecule has 0 amide bonds. The summed E-state index contributed by atoms with van der Waals surface area (Å²) in [5.41, 5.74) is 1.74. The lowest BCUT2D eigenvalue weighted by Gasteiger charge is -2.15. The highest BCUT2D eigenvalue weighted by molar-refractivity contribution is 7.92. The molecule has 0 aliphatic rings. The number of rotatable bonds is 6. The third-order valence-corrected chi connectivity index (χ3v) is 7.10. The second-order valence-corrected chi connectivity index (χ2v) is 9.76. The van der Waals surface area contributed by atoms with Crippen LogP contribution in [0.15, 0.2) is 66.3 Å². The molecule has 5 aromatic rings. The van der Waals surface area contributed by atoms with Crippen LogP contribution in [0.4, 0.5) is 10.1 Å². The summed E-state index contributed by atoms with van der Waals surface area (Å²) in [6, 6.07) is 6.95. The van der Waals surface area contributed by atoms with Crippen molar-refractivity contribution in [1.82, 2.24) is 24.3 Å². The number of halogens is 3. The fraction of sp³-hybridized carbons (Fsp3) is 0.0455. The van der Waals surface area contributed by atoms with Crippen LogP contribution in [0.3, 0.4) is 0 Å². The molecule has 0 bridgehead atoms. The van der Waals surface area contributed by atoms with Gasteiger partial charge in [0.2, 0.25) is 5.88 Å². The van der Waals surface area contributed by atoms with Crippen LogP contribution in [-0.4, -0.2) is 39.9 Å². The first-order valence-electron chi connectivity index (χ1n) is 9.95. The van der Waals surface area contributed by atoms with E-state index in [0.29, 0.717) is 17.1 Å². The number of hydrogen-bond acceptors (Lipinski definition) is 6. The number of aromatic amines is 1. The average molecular weight is 533 g/mol. The Labute approximate surface area is 208 Å². The predicted octanol–water partition coefficient (Wildman–Crippen LogP) is 5.04. The minimum absolute atomic E-state index is 0.0122. The van der Waals surface area contributed by atoms with E-state index in [1.54, 1.807) is 41.5 Å². The smallest absolute Gasteiger partial charge is 0.267 e. The van der Waals surface area contributed by atoms with Gasteiger partial charge in [0.1, 0.15) is 17.8 Å². The molecule has 0 spiro atoms. The molecule has 0 aliphatic carbocycles. The van der Waals surface area contributed by atoms with Gasteiger partial charge in [-0.05, 0) is 24.3 Å². The van der Waals surface area contributed by atoms with Gasteiger partial charge in [-0.15, -0.1) is 0 Å². The van der Waals surface area contributed by atoms with Crippen molar-refractivity contribution in [2.45, 2.75) is 4.90 Å². The number of H-pyrrole nitrogens is 1. The molecule has 4 heterocycles. The minimum atomic E-state index is -4.22. The second-order valence-electron chi connectivity index (χ2n) is 7.29. The summed E-state index contributed by atoms with van der Waals surface area (Å²) in [5, 5.41) is -0.0344. The normalized spacial score (nSPS) is 11.7. The van der Waals surface area contributed by atoms with Crippen molar-refractivity contribution in [2.75, 3.05) is 11.8 Å². The van der Waals surface area contributed by atoms with E-state index in [2.05, 4.69) is 24.7 Å². The van der Waals surface area contributed by atoms with Crippen molar-refractivity contribution in [3.8, 4) is 28.5 Å². The summed E-state index contributed by atoms with van der Waals surface area (Å²) in [6.07, 6.45) is 7.76. The van der Waals surface area contributed by atoms with Gasteiger partial charge in [0, 0.05) is 35.9 Å². The first-order chi connectivity index (χ1) is 16.8. The van der Waals surface area contributed by atoms with Gasteiger partial charge in [0.15, 0.2) is 10.7 Å². The highest BCUT2D eigenvalue weighted by Crippen LogP contribution is 2.38. The van der Waals surface area contributed by atoms with Gasteiger partial charge < -0.3 is 14.1 Å². The van der Waals surface area contributed by atoms with E-state index in [1.165, 1.54) is 25.4 Å². The maximum Gasteiger partial charge on any atom is 0.267 e. The van der Waals surface area contributed by atoms with Gasteiger partial charge in [-0.2, -0.15) is 0 Å². The molecular weight excluding hydrogens is 518 g/mol. The van der Waals surface area contributed by atoms with Gasteiger partial charge in [-0.25, -0.2) is 27.8 Å². The van der Waals surface area contributed by atoms with Crippen molar-refractivity contribution >= 4 is 44.4 Å². The Kier molecular flexibility index (Phi) is 5.83. The standard InChI is InChI=1S/C22H15Cl2FN6O3S/c1-34-22-17(8-13(23)9-28-22)35(32,33)30-15-4-3-14(25)18(19(15)24)12-2-5-16-20(21-26-6-7-27-21)29-11-31(16)10-12/h2-11,30H,1H3,(H,26,27). The van der Waals surface area contributed by atoms with Gasteiger partial charge in [0.25, 0.3) is 10.0 Å². The molecule has 0 saturated heterocycles. The highest BCUT2D eigenvalue weighted by Gasteiger charge is 2.24. The largest absolute Gasteiger partial charge is 0.480 e. The second kappa shape index (κ2) is 8.84. The third-order valence-electron chi connectivity index (χ3n) is 5.15. The molecule has 178 valence electrons. The maximum atomic E-state index is 14.9. The van der Waals surface area contributed by atoms with Crippen LogP contribution in [0.1, 0.15) is 0 Å². The van der Waals surface area contributed by atoms with Crippen LogP contribution in [0.2, 0.25) is 10.0 Å². The number of methoxy groups -OCH3 is 1. The number of ether oxygens (including phenoxy) is 1. The number of nitrogens with one attached hydrogen (secondary N) is 2. The Balaban J connectivity index is 1.56. The lowest BCUT2D eigenvalue weighted by atomic mass is 10.1. The number of hydrogen-bond donors (Lipinski definition) is 2. The van der Waals surface area contributed by atoms with E-state index in [4.69, 9.17) is 27.9 Å². The van der Waals surface area contributed by atoms with E-state index in [-0.39, 0.29) is 32.1 Å². The molecule has 0 fully saturated rings. The molecule has 4 aromatic heterocycles. The van der Waals surface area contributed by atoms with E-state index in [9.17, 15) is 12.8 Å². The Morgan fingerprint density at radius 1 is 1.14 bits per heavy atom. The number of nitrogens with zero attached hydrogens (tertiary/aromatic N) is 4. The molecule has 13 heteroatoms. The summed E-state index contributed by atoms with van der Waals surface area (Å²) in [5.74, 6) is -0.198. The predicted molar refractivity (Wildman–Crippen MR) is 130 cm³/mol. The van der Waals surface area contributed by atoms with E-state index in [0.717, 1.165) is 11.6 Å². The van der Waals surface area contributed by atoms with E-state index in [1.807, 2.05) is 0 Å². The summed E-state index contributed by atoms with van der Waals surface area (Å²) >= 11 is 12.4. The maximum absolute atomic E-state index is 14.9. The van der Waals surface area contributed by atoms with Crippen LogP contribution in [0, 0.1) is 5.82 Å². The molecule has 1 aromatic carbocycles. The zero-order valence-electron chi connectivity index (χ0n) is 17.8. The summed E-state index contributed by atoms with van der Waals surface area (Å²) in [7, 11) is -2.94. The molecule has 0 saturated carbocycles. The average Bonchev–Trinajstić information content (AvgIpc) is 3.50. The van der Waals surface area contributed by atoms with E-state index >= 15 is 0 Å². The first kappa shape index (κ1) is 23.1. The van der Waals surface area contributed by atoms with Gasteiger partial charge in [-0.1, -0.05) is 29.3 Å². The van der Waals surface area contributed by atoms with Crippen molar-refractivity contribution in [3.63, 3.8) is 0 Å². The topological polar surface area (TPSA) is 114 Å². The summed E-state index contributed by atoms with van der Waals surface area (Å²) in [6.45, 7) is 0. The van der Waals surface area contributed by atoms with Gasteiger partial charge in [-0.3, -0.25) is 4.72 Å². The molecule has 0 unspecified atom stereocenters. The molecule has 0 radical (unpaired) electrons. The Morgan fingerprint density at radius 2 is 1.97 bits per heavy atom. The zero-order chi connectivity index (χ0) is 24.7. The van der Waals surface area contributed by atoms with Crippen LogP contribution in [-0.2, 0) is 10.0 Å². The lowest BCUT2D eigenvalue weighted by molar-refractivity contribution is 0.385. The molecule has 35 heavy (non-hydrogen) atoms. The fourth-order valence-electron chi connectivity index (χ4n) is 3.57. The molecule has 9 nitrogen and oxygen atoms in total. The molecule has 0 aliphatic heterocycles. The van der Waals surface area contributed by atoms with Crippen molar-refractivity contribution in [2.24, 2.45) is 0 Å². The van der Waals surface area contributed by atoms with Crippen LogP contribution in [0.5, 0.6) is 5.88 Å². The van der Waals surface area contributed by atoms with Crippen molar-refractivity contribution < 1.29 is 17.5 Å². The quantitative estimate of drug-likeness (QED) is 0.316. The van der Waals surface area contributed by atoms with Crippen LogP contribution < -0.4 is 9.46 Å². The zero-order valence-corrected chi connectivity index (χ0v) is 20.2. The summed E-state index contributed by atoms with van der Waals surface area (Å²) < 4.78 is 50.1. The number of sulfonamides is 1. The molecule has 2 N–H and O–H groups in total. The Bertz CT molecular complexity index is 1670. The monoisotopic (exact) mass is 532 g/mol. The molecule has 0 atom stereocenters. The first-order valence-corrected chi connectivity index (χ1v) is 12.2. The van der Waals surface area contributed by atoms with Crippen molar-refractivity contribution in [1.29, 1.82) is 0 Å². The molecular formula is C22H15Cl2FN6O3S. The Hall–Kier alpha value is -3.67. The van der Waals surface area contributed by atoms with Crippen LogP contribution >= 0.6 is 23.2 Å². The third kappa shape index (κ3) is 4.18. The number of aromatic nitrogens is 5. The van der Waals surface area contributed by atoms with Gasteiger partial charge in [0.05, 0.1) is 28.4 Å². The number of imidazole rings is 2. The number of pyridine rings is 2. The Morgan fingerprint density at radius 3 is 2.71 bits per heavy atom. The van der Waals surface area contributed by atoms with Crippen LogP contribution in [0.25, 0.3) is 28.2 Å². The lowest BCUT2D eigenvalue weighted by Crippen LogP contribution is -2.15. The van der Waals surface area contributed by atoms with Gasteiger partial charge >= 0.3 is 0 Å². The van der Waals surface area contributed by atoms with Crippen molar-refractivity contribution in [3.05, 3.63) is 77.3 Å². The highest BCUT2D eigenvalue weighted by atomic mass is 35.5. The number of anilines is 1. The SMILES string of the molecule is COc1ncc(Cl)cc1S(=O)(=O)Nc1ccc(F)c(-c2ccc3c(-c4ncc[nH]4)ncn3c2)c1Cl. The number of benzene rings is 1. The number of fused-ring (bicyclic) bond motifs is 1. The van der Waals surface area contributed by atoms with E-state index < -0.39 is 15.8 Å². The fourth-order valence-corrected chi connectivity index (χ4v) is 5.38. The summed E-state index contributed by atoms with van der Waals surface area (Å²) in [4.78, 5) is 15.1. The minimum Gasteiger partial charge on any atom is -0.480 e. The molecule has 5 rings (SSSR count).